The van der Waals surface area contributed by atoms with Crippen LogP contribution in [0.25, 0.3) is 0 Å². The van der Waals surface area contributed by atoms with Crippen molar-refractivity contribution >= 4 is 5.97 Å². The number of rotatable bonds is 2. The number of aliphatic hydroxyl groups is 1. The van der Waals surface area contributed by atoms with Crippen molar-refractivity contribution in [1.29, 1.82) is 0 Å². The minimum atomic E-state index is -1.19. The van der Waals surface area contributed by atoms with Crippen LogP contribution in [0.2, 0.25) is 0 Å². The molecule has 1 rings (SSSR count). The molecule has 0 aliphatic carbocycles. The lowest BCUT2D eigenvalue weighted by Gasteiger charge is -2.12. The van der Waals surface area contributed by atoms with E-state index in [0.717, 1.165) is 11.1 Å². The summed E-state index contributed by atoms with van der Waals surface area (Å²) in [6.07, 6.45) is -1.19. The second-order valence-corrected chi connectivity index (χ2v) is 3.71. The number of aliphatic hydroxyl groups excluding tert-OH is 1. The van der Waals surface area contributed by atoms with Crippen molar-refractivity contribution in [1.82, 2.24) is 0 Å². The summed E-state index contributed by atoms with van der Waals surface area (Å²) in [5.41, 5.74) is 3.89. The second kappa shape index (κ2) is 4.45. The Morgan fingerprint density at radius 2 is 1.73 bits per heavy atom. The lowest BCUT2D eigenvalue weighted by atomic mass is 9.98. The molecule has 0 saturated heterocycles. The van der Waals surface area contributed by atoms with Gasteiger partial charge in [0.1, 0.15) is 0 Å². The van der Waals surface area contributed by atoms with Gasteiger partial charge < -0.3 is 9.84 Å². The van der Waals surface area contributed by atoms with Crippen LogP contribution in [0.4, 0.5) is 0 Å². The van der Waals surface area contributed by atoms with Gasteiger partial charge in [0.2, 0.25) is 0 Å². The average molecular weight is 208 g/mol. The van der Waals surface area contributed by atoms with Crippen molar-refractivity contribution in [2.45, 2.75) is 26.9 Å². The number of esters is 1. The molecule has 82 valence electrons. The number of methoxy groups -OCH3 is 1. The monoisotopic (exact) mass is 208 g/mol. The smallest absolute Gasteiger partial charge is 0.339 e. The maximum atomic E-state index is 11.1. The Morgan fingerprint density at radius 1 is 1.27 bits per heavy atom. The minimum absolute atomic E-state index is 0.586. The van der Waals surface area contributed by atoms with Crippen LogP contribution < -0.4 is 0 Å². The molecule has 0 aliphatic heterocycles. The van der Waals surface area contributed by atoms with E-state index in [0.29, 0.717) is 5.56 Å². The first-order chi connectivity index (χ1) is 6.97. The van der Waals surface area contributed by atoms with Crippen molar-refractivity contribution in [2.24, 2.45) is 0 Å². The Labute approximate surface area is 89.7 Å². The molecule has 1 aromatic rings. The van der Waals surface area contributed by atoms with Crippen molar-refractivity contribution in [3.63, 3.8) is 0 Å². The first-order valence-corrected chi connectivity index (χ1v) is 4.81. The SMILES string of the molecule is COC(=O)C(O)c1cc(C)c(C)c(C)c1. The van der Waals surface area contributed by atoms with E-state index in [1.165, 1.54) is 12.7 Å². The van der Waals surface area contributed by atoms with E-state index in [-0.39, 0.29) is 0 Å². The Kier molecular flexibility index (Phi) is 3.48. The number of benzene rings is 1. The highest BCUT2D eigenvalue weighted by molar-refractivity contribution is 5.76. The average Bonchev–Trinajstić information content (AvgIpc) is 2.23. The van der Waals surface area contributed by atoms with Gasteiger partial charge in [0.15, 0.2) is 6.10 Å². The van der Waals surface area contributed by atoms with Crippen LogP contribution >= 0.6 is 0 Å². The maximum Gasteiger partial charge on any atom is 0.339 e. The number of hydrogen-bond donors (Lipinski definition) is 1. The molecule has 1 N–H and O–H groups in total. The number of ether oxygens (including phenoxy) is 1. The molecule has 1 aromatic carbocycles. The van der Waals surface area contributed by atoms with E-state index in [4.69, 9.17) is 0 Å². The molecule has 0 fully saturated rings. The molecular weight excluding hydrogens is 192 g/mol. The number of aryl methyl sites for hydroxylation is 2. The third-order valence-corrected chi connectivity index (χ3v) is 2.69. The summed E-state index contributed by atoms with van der Waals surface area (Å²) in [5, 5.41) is 9.65. The molecule has 1 unspecified atom stereocenters. The van der Waals surface area contributed by atoms with Crippen LogP contribution in [0.15, 0.2) is 12.1 Å². The number of carbonyl (C=O) groups is 1. The third kappa shape index (κ3) is 2.36. The van der Waals surface area contributed by atoms with E-state index in [1.54, 1.807) is 0 Å². The first kappa shape index (κ1) is 11.7. The van der Waals surface area contributed by atoms with E-state index in [9.17, 15) is 9.90 Å². The summed E-state index contributed by atoms with van der Waals surface area (Å²) in [5.74, 6) is -0.627. The molecule has 0 amide bonds. The highest BCUT2D eigenvalue weighted by Crippen LogP contribution is 2.21. The zero-order chi connectivity index (χ0) is 11.6. The van der Waals surface area contributed by atoms with Crippen LogP contribution in [0.5, 0.6) is 0 Å². The summed E-state index contributed by atoms with van der Waals surface area (Å²) < 4.78 is 4.49. The van der Waals surface area contributed by atoms with Crippen molar-refractivity contribution in [2.75, 3.05) is 7.11 Å². The summed E-state index contributed by atoms with van der Waals surface area (Å²) in [7, 11) is 1.26. The fraction of sp³-hybridized carbons (Fsp3) is 0.417. The molecular formula is C12H16O3. The van der Waals surface area contributed by atoms with Crippen LogP contribution in [0, 0.1) is 20.8 Å². The summed E-state index contributed by atoms with van der Waals surface area (Å²) in [4.78, 5) is 11.1. The molecule has 0 aromatic heterocycles. The fourth-order valence-corrected chi connectivity index (χ4v) is 1.47. The van der Waals surface area contributed by atoms with Crippen molar-refractivity contribution < 1.29 is 14.6 Å². The highest BCUT2D eigenvalue weighted by Gasteiger charge is 2.18. The lowest BCUT2D eigenvalue weighted by Crippen LogP contribution is -2.14. The molecule has 3 nitrogen and oxygen atoms in total. The second-order valence-electron chi connectivity index (χ2n) is 3.71. The quantitative estimate of drug-likeness (QED) is 0.754. The summed E-state index contributed by atoms with van der Waals surface area (Å²) >= 11 is 0. The van der Waals surface area contributed by atoms with Gasteiger partial charge in [0.05, 0.1) is 7.11 Å². The van der Waals surface area contributed by atoms with Crippen molar-refractivity contribution in [3.8, 4) is 0 Å². The van der Waals surface area contributed by atoms with Gasteiger partial charge in [-0.25, -0.2) is 4.79 Å². The predicted molar refractivity (Wildman–Crippen MR) is 57.6 cm³/mol. The summed E-state index contributed by atoms with van der Waals surface area (Å²) in [6, 6.07) is 3.62. The number of carbonyl (C=O) groups excluding carboxylic acids is 1. The van der Waals surface area contributed by atoms with Gasteiger partial charge in [-0.05, 0) is 43.0 Å². The molecule has 1 atom stereocenters. The molecule has 3 heteroatoms. The number of hydrogen-bond acceptors (Lipinski definition) is 3. The molecule has 0 aliphatic rings. The topological polar surface area (TPSA) is 46.5 Å². The first-order valence-electron chi connectivity index (χ1n) is 4.81. The van der Waals surface area contributed by atoms with E-state index in [1.807, 2.05) is 32.9 Å². The van der Waals surface area contributed by atoms with Gasteiger partial charge in [-0.15, -0.1) is 0 Å². The van der Waals surface area contributed by atoms with Crippen LogP contribution in [0.1, 0.15) is 28.4 Å². The Bertz CT molecular complexity index is 359. The molecule has 15 heavy (non-hydrogen) atoms. The van der Waals surface area contributed by atoms with Gasteiger partial charge in [0.25, 0.3) is 0 Å². The zero-order valence-corrected chi connectivity index (χ0v) is 9.50. The van der Waals surface area contributed by atoms with E-state index in [2.05, 4.69) is 4.74 Å². The Hall–Kier alpha value is -1.35. The van der Waals surface area contributed by atoms with Crippen LogP contribution in [-0.2, 0) is 9.53 Å². The Morgan fingerprint density at radius 3 is 2.13 bits per heavy atom. The predicted octanol–water partition coefficient (Wildman–Crippen LogP) is 1.82. The summed E-state index contributed by atoms with van der Waals surface area (Å²) in [6.45, 7) is 5.92. The maximum absolute atomic E-state index is 11.1. The minimum Gasteiger partial charge on any atom is -0.467 e. The zero-order valence-electron chi connectivity index (χ0n) is 9.50. The molecule has 0 radical (unpaired) electrons. The van der Waals surface area contributed by atoms with E-state index >= 15 is 0 Å². The van der Waals surface area contributed by atoms with Crippen molar-refractivity contribution in [3.05, 3.63) is 34.4 Å². The van der Waals surface area contributed by atoms with E-state index < -0.39 is 12.1 Å². The standard InChI is InChI=1S/C12H16O3/c1-7-5-10(6-8(2)9(7)3)11(13)12(14)15-4/h5-6,11,13H,1-4H3. The molecule has 0 saturated carbocycles. The molecule has 0 bridgehead atoms. The van der Waals surface area contributed by atoms with Gasteiger partial charge >= 0.3 is 5.97 Å². The normalized spacial score (nSPS) is 12.3. The Balaban J connectivity index is 3.11. The van der Waals surface area contributed by atoms with Gasteiger partial charge in [0, 0.05) is 0 Å². The highest BCUT2D eigenvalue weighted by atomic mass is 16.5. The van der Waals surface area contributed by atoms with Crippen LogP contribution in [0.3, 0.4) is 0 Å². The molecule has 0 heterocycles. The van der Waals surface area contributed by atoms with Gasteiger partial charge in [-0.2, -0.15) is 0 Å². The fourth-order valence-electron chi connectivity index (χ4n) is 1.47. The lowest BCUT2D eigenvalue weighted by molar-refractivity contribution is -0.150. The van der Waals surface area contributed by atoms with Crippen LogP contribution in [-0.4, -0.2) is 18.2 Å². The molecule has 0 spiro atoms. The third-order valence-electron chi connectivity index (χ3n) is 2.69. The largest absolute Gasteiger partial charge is 0.467 e. The van der Waals surface area contributed by atoms with Gasteiger partial charge in [-0.3, -0.25) is 0 Å². The van der Waals surface area contributed by atoms with Gasteiger partial charge in [-0.1, -0.05) is 12.1 Å².